The Morgan fingerprint density at radius 3 is 2.27 bits per heavy atom. The molecule has 0 saturated carbocycles. The summed E-state index contributed by atoms with van der Waals surface area (Å²) in [5.41, 5.74) is 3.37. The average molecular weight is 355 g/mol. The highest BCUT2D eigenvalue weighted by Gasteiger charge is 2.24. The molecule has 1 unspecified atom stereocenters. The van der Waals surface area contributed by atoms with Gasteiger partial charge in [0.25, 0.3) is 0 Å². The van der Waals surface area contributed by atoms with Crippen LogP contribution >= 0.6 is 0 Å². The van der Waals surface area contributed by atoms with Crippen molar-refractivity contribution < 1.29 is 19.4 Å². The molecule has 138 valence electrons. The number of nitrogens with one attached hydrogen (secondary N) is 1. The fraction of sp³-hybridized carbons (Fsp3) is 0.333. The van der Waals surface area contributed by atoms with Gasteiger partial charge in [-0.25, -0.2) is 9.59 Å². The molecule has 0 fully saturated rings. The van der Waals surface area contributed by atoms with E-state index < -0.39 is 23.7 Å². The summed E-state index contributed by atoms with van der Waals surface area (Å²) in [5.74, 6) is -1.10. The zero-order chi connectivity index (χ0) is 19.3. The molecule has 5 heteroatoms. The summed E-state index contributed by atoms with van der Waals surface area (Å²) < 4.78 is 5.15. The Kier molecular flexibility index (Phi) is 6.03. The predicted octanol–water partition coefficient (Wildman–Crippen LogP) is 4.18. The van der Waals surface area contributed by atoms with Crippen molar-refractivity contribution in [3.05, 3.63) is 59.7 Å². The maximum Gasteiger partial charge on any atom is 0.408 e. The van der Waals surface area contributed by atoms with E-state index in [0.29, 0.717) is 0 Å². The third kappa shape index (κ3) is 5.92. The number of carbonyl (C=O) groups is 2. The Bertz CT molecular complexity index is 793. The monoisotopic (exact) mass is 355 g/mol. The van der Waals surface area contributed by atoms with E-state index in [4.69, 9.17) is 4.74 Å². The average Bonchev–Trinajstić information content (AvgIpc) is 2.52. The van der Waals surface area contributed by atoms with Crippen LogP contribution in [0.25, 0.3) is 11.1 Å². The van der Waals surface area contributed by atoms with Gasteiger partial charge in [-0.15, -0.1) is 0 Å². The Labute approximate surface area is 154 Å². The molecule has 0 aromatic heterocycles. The second-order valence-electron chi connectivity index (χ2n) is 7.31. The molecule has 2 N–H and O–H groups in total. The molecular weight excluding hydrogens is 330 g/mol. The molecule has 0 aliphatic carbocycles. The molecular formula is C21H25NO4. The first-order valence-corrected chi connectivity index (χ1v) is 8.52. The van der Waals surface area contributed by atoms with Crippen LogP contribution in [-0.2, 0) is 16.0 Å². The van der Waals surface area contributed by atoms with E-state index in [2.05, 4.69) is 11.4 Å². The van der Waals surface area contributed by atoms with Gasteiger partial charge in [0, 0.05) is 6.42 Å². The number of rotatable bonds is 5. The van der Waals surface area contributed by atoms with E-state index in [9.17, 15) is 14.7 Å². The number of alkyl carbamates (subject to hydrolysis) is 1. The number of carboxylic acid groups (broad SMARTS) is 1. The van der Waals surface area contributed by atoms with Crippen LogP contribution in [-0.4, -0.2) is 28.8 Å². The molecule has 2 aromatic rings. The van der Waals surface area contributed by atoms with E-state index in [1.165, 1.54) is 0 Å². The van der Waals surface area contributed by atoms with Crippen LogP contribution in [0, 0.1) is 6.92 Å². The molecule has 0 heterocycles. The van der Waals surface area contributed by atoms with Crippen molar-refractivity contribution in [3.63, 3.8) is 0 Å². The standard InChI is InChI=1S/C21H25NO4/c1-14-7-5-9-16(11-14)17-10-6-8-15(12-17)13-18(19(23)24)22-20(25)26-21(2,3)4/h5-12,18H,13H2,1-4H3,(H,22,25)(H,23,24). The number of amides is 1. The molecule has 2 rings (SSSR count). The zero-order valence-electron chi connectivity index (χ0n) is 15.6. The highest BCUT2D eigenvalue weighted by molar-refractivity contribution is 5.80. The van der Waals surface area contributed by atoms with Crippen LogP contribution in [0.3, 0.4) is 0 Å². The van der Waals surface area contributed by atoms with Crippen LogP contribution in [0.15, 0.2) is 48.5 Å². The largest absolute Gasteiger partial charge is 0.480 e. The summed E-state index contributed by atoms with van der Waals surface area (Å²) in [4.78, 5) is 23.4. The summed E-state index contributed by atoms with van der Waals surface area (Å²) in [6.45, 7) is 7.22. The van der Waals surface area contributed by atoms with E-state index >= 15 is 0 Å². The van der Waals surface area contributed by atoms with Crippen LogP contribution in [0.1, 0.15) is 31.9 Å². The van der Waals surface area contributed by atoms with Gasteiger partial charge in [0.15, 0.2) is 0 Å². The van der Waals surface area contributed by atoms with Gasteiger partial charge in [-0.3, -0.25) is 0 Å². The summed E-state index contributed by atoms with van der Waals surface area (Å²) >= 11 is 0. The van der Waals surface area contributed by atoms with Crippen molar-refractivity contribution >= 4 is 12.1 Å². The van der Waals surface area contributed by atoms with E-state index in [0.717, 1.165) is 22.3 Å². The van der Waals surface area contributed by atoms with E-state index in [-0.39, 0.29) is 6.42 Å². The van der Waals surface area contributed by atoms with Crippen LogP contribution < -0.4 is 5.32 Å². The summed E-state index contributed by atoms with van der Waals surface area (Å²) in [7, 11) is 0. The second-order valence-corrected chi connectivity index (χ2v) is 7.31. The molecule has 1 atom stereocenters. The molecule has 0 saturated heterocycles. The SMILES string of the molecule is Cc1cccc(-c2cccc(CC(NC(=O)OC(C)(C)C)C(=O)O)c2)c1. The van der Waals surface area contributed by atoms with Crippen molar-refractivity contribution in [2.24, 2.45) is 0 Å². The van der Waals surface area contributed by atoms with Gasteiger partial charge >= 0.3 is 12.1 Å². The van der Waals surface area contributed by atoms with Crippen molar-refractivity contribution in [1.82, 2.24) is 5.32 Å². The third-order valence-corrected chi connectivity index (χ3v) is 3.71. The lowest BCUT2D eigenvalue weighted by Gasteiger charge is -2.22. The molecule has 2 aromatic carbocycles. The first-order chi connectivity index (χ1) is 12.1. The summed E-state index contributed by atoms with van der Waals surface area (Å²) in [6, 6.07) is 14.7. The smallest absolute Gasteiger partial charge is 0.408 e. The number of hydrogen-bond acceptors (Lipinski definition) is 3. The molecule has 0 radical (unpaired) electrons. The van der Waals surface area contributed by atoms with Gasteiger partial charge in [0.05, 0.1) is 0 Å². The number of aliphatic carboxylic acids is 1. The minimum Gasteiger partial charge on any atom is -0.480 e. The third-order valence-electron chi connectivity index (χ3n) is 3.71. The summed E-state index contributed by atoms with van der Waals surface area (Å²) in [5, 5.41) is 11.9. The number of ether oxygens (including phenoxy) is 1. The minimum atomic E-state index is -1.10. The Hall–Kier alpha value is -2.82. The highest BCUT2D eigenvalue weighted by Crippen LogP contribution is 2.22. The van der Waals surface area contributed by atoms with Crippen LogP contribution in [0.5, 0.6) is 0 Å². The van der Waals surface area contributed by atoms with Crippen molar-refractivity contribution in [2.75, 3.05) is 0 Å². The number of carboxylic acids is 1. The van der Waals surface area contributed by atoms with E-state index in [1.54, 1.807) is 20.8 Å². The summed E-state index contributed by atoms with van der Waals surface area (Å²) in [6.07, 6.45) is -0.562. The van der Waals surface area contributed by atoms with Crippen molar-refractivity contribution in [2.45, 2.75) is 45.8 Å². The van der Waals surface area contributed by atoms with Gasteiger partial charge in [0.2, 0.25) is 0 Å². The molecule has 0 spiro atoms. The maximum atomic E-state index is 11.9. The first kappa shape index (κ1) is 19.5. The molecule has 0 aliphatic rings. The Morgan fingerprint density at radius 1 is 1.08 bits per heavy atom. The van der Waals surface area contributed by atoms with Crippen LogP contribution in [0.2, 0.25) is 0 Å². The number of aryl methyl sites for hydroxylation is 1. The maximum absolute atomic E-state index is 11.9. The lowest BCUT2D eigenvalue weighted by Crippen LogP contribution is -2.44. The van der Waals surface area contributed by atoms with Gasteiger partial charge in [-0.1, -0.05) is 54.1 Å². The van der Waals surface area contributed by atoms with Crippen LogP contribution in [0.4, 0.5) is 4.79 Å². The van der Waals surface area contributed by atoms with E-state index in [1.807, 2.05) is 49.4 Å². The second kappa shape index (κ2) is 8.04. The lowest BCUT2D eigenvalue weighted by atomic mass is 9.98. The minimum absolute atomic E-state index is 0.175. The molecule has 0 aliphatic heterocycles. The number of benzene rings is 2. The van der Waals surface area contributed by atoms with Gasteiger partial charge < -0.3 is 15.2 Å². The quantitative estimate of drug-likeness (QED) is 0.843. The topological polar surface area (TPSA) is 75.6 Å². The predicted molar refractivity (Wildman–Crippen MR) is 101 cm³/mol. The molecule has 1 amide bonds. The number of carbonyl (C=O) groups excluding carboxylic acids is 1. The fourth-order valence-electron chi connectivity index (χ4n) is 2.59. The molecule has 0 bridgehead atoms. The van der Waals surface area contributed by atoms with Crippen molar-refractivity contribution in [3.8, 4) is 11.1 Å². The normalized spacial score (nSPS) is 12.3. The first-order valence-electron chi connectivity index (χ1n) is 8.52. The Balaban J connectivity index is 2.15. The fourth-order valence-corrected chi connectivity index (χ4v) is 2.59. The van der Waals surface area contributed by atoms with Gasteiger partial charge in [-0.2, -0.15) is 0 Å². The van der Waals surface area contributed by atoms with Crippen molar-refractivity contribution in [1.29, 1.82) is 0 Å². The highest BCUT2D eigenvalue weighted by atomic mass is 16.6. The Morgan fingerprint density at radius 2 is 1.69 bits per heavy atom. The van der Waals surface area contributed by atoms with Gasteiger partial charge in [0.1, 0.15) is 11.6 Å². The molecule has 5 nitrogen and oxygen atoms in total. The number of hydrogen-bond donors (Lipinski definition) is 2. The zero-order valence-corrected chi connectivity index (χ0v) is 15.6. The van der Waals surface area contributed by atoms with Gasteiger partial charge in [-0.05, 0) is 44.4 Å². The lowest BCUT2D eigenvalue weighted by molar-refractivity contribution is -0.139. The molecule has 26 heavy (non-hydrogen) atoms.